The van der Waals surface area contributed by atoms with Crippen molar-refractivity contribution < 1.29 is 4.79 Å². The molecule has 3 N–H and O–H groups in total. The number of carbonyl (C=O) groups is 1. The average molecular weight is 250 g/mol. The molecule has 4 rings (SSSR count). The van der Waals surface area contributed by atoms with E-state index in [1.165, 1.54) is 32.1 Å². The third-order valence-corrected chi connectivity index (χ3v) is 5.10. The number of nitrogens with two attached hydrogens (primary N) is 1. The zero-order chi connectivity index (χ0) is 13.0. The maximum Gasteiger partial charge on any atom is 0.220 e. The molecule has 4 fully saturated rings. The molecule has 3 heteroatoms. The average Bonchev–Trinajstić information content (AvgIpc) is 2.08. The molecule has 4 aliphatic carbocycles. The topological polar surface area (TPSA) is 55.1 Å². The van der Waals surface area contributed by atoms with E-state index in [-0.39, 0.29) is 17.0 Å². The molecule has 0 aromatic carbocycles. The summed E-state index contributed by atoms with van der Waals surface area (Å²) in [7, 11) is 0. The van der Waals surface area contributed by atoms with Crippen LogP contribution in [0, 0.1) is 17.8 Å². The van der Waals surface area contributed by atoms with E-state index >= 15 is 0 Å². The van der Waals surface area contributed by atoms with Gasteiger partial charge >= 0.3 is 0 Å². The van der Waals surface area contributed by atoms with Gasteiger partial charge in [0, 0.05) is 17.5 Å². The van der Waals surface area contributed by atoms with Crippen molar-refractivity contribution in [3.63, 3.8) is 0 Å². The molecule has 0 aliphatic heterocycles. The highest BCUT2D eigenvalue weighted by Crippen LogP contribution is 2.56. The van der Waals surface area contributed by atoms with E-state index < -0.39 is 0 Å². The molecule has 0 saturated heterocycles. The van der Waals surface area contributed by atoms with Crippen molar-refractivity contribution in [3.8, 4) is 0 Å². The molecule has 2 unspecified atom stereocenters. The summed E-state index contributed by atoms with van der Waals surface area (Å²) in [5.41, 5.74) is 6.60. The maximum atomic E-state index is 12.1. The van der Waals surface area contributed by atoms with E-state index in [9.17, 15) is 4.79 Å². The molecule has 0 aromatic heterocycles. The second-order valence-electron chi connectivity index (χ2n) is 7.75. The van der Waals surface area contributed by atoms with Gasteiger partial charge in [-0.25, -0.2) is 0 Å². The lowest BCUT2D eigenvalue weighted by Crippen LogP contribution is -2.68. The third kappa shape index (κ3) is 2.18. The van der Waals surface area contributed by atoms with Gasteiger partial charge in [-0.3, -0.25) is 4.79 Å². The zero-order valence-corrected chi connectivity index (χ0v) is 11.7. The molecular weight excluding hydrogens is 224 g/mol. The van der Waals surface area contributed by atoms with E-state index in [1.807, 2.05) is 0 Å². The van der Waals surface area contributed by atoms with Crippen molar-refractivity contribution in [2.75, 3.05) is 0 Å². The fourth-order valence-electron chi connectivity index (χ4n) is 5.20. The fraction of sp³-hybridized carbons (Fsp3) is 0.933. The van der Waals surface area contributed by atoms with Gasteiger partial charge in [0.05, 0.1) is 0 Å². The number of carbonyl (C=O) groups excluding carboxylic acids is 1. The van der Waals surface area contributed by atoms with Crippen LogP contribution in [0.3, 0.4) is 0 Å². The number of rotatable bonds is 3. The minimum absolute atomic E-state index is 0.0230. The molecule has 3 nitrogen and oxygen atoms in total. The van der Waals surface area contributed by atoms with Gasteiger partial charge in [-0.15, -0.1) is 0 Å². The second-order valence-corrected chi connectivity index (χ2v) is 7.75. The number of hydrogen-bond acceptors (Lipinski definition) is 2. The van der Waals surface area contributed by atoms with Gasteiger partial charge < -0.3 is 11.1 Å². The lowest BCUT2D eigenvalue weighted by atomic mass is 9.50. The number of amides is 1. The Morgan fingerprint density at radius 1 is 1.28 bits per heavy atom. The summed E-state index contributed by atoms with van der Waals surface area (Å²) in [6, 6.07) is 0. The Bertz CT molecular complexity index is 350. The van der Waals surface area contributed by atoms with Crippen LogP contribution in [0.2, 0.25) is 0 Å². The lowest BCUT2D eigenvalue weighted by Gasteiger charge is -2.61. The van der Waals surface area contributed by atoms with Gasteiger partial charge in [0.1, 0.15) is 0 Å². The monoisotopic (exact) mass is 250 g/mol. The van der Waals surface area contributed by atoms with Crippen molar-refractivity contribution in [2.45, 2.75) is 69.9 Å². The van der Waals surface area contributed by atoms with Gasteiger partial charge in [0.25, 0.3) is 0 Å². The molecule has 102 valence electrons. The largest absolute Gasteiger partial charge is 0.351 e. The smallest absolute Gasteiger partial charge is 0.220 e. The Hall–Kier alpha value is -0.570. The summed E-state index contributed by atoms with van der Waals surface area (Å²) < 4.78 is 0. The zero-order valence-electron chi connectivity index (χ0n) is 11.7. The summed E-state index contributed by atoms with van der Waals surface area (Å²) in [6.45, 7) is 4.20. The molecular formula is C15H26N2O. The van der Waals surface area contributed by atoms with E-state index in [0.29, 0.717) is 12.3 Å². The molecule has 2 atom stereocenters. The predicted octanol–water partition coefficient (Wildman–Crippen LogP) is 2.20. The molecule has 1 amide bonds. The highest BCUT2D eigenvalue weighted by molar-refractivity contribution is 5.77. The Morgan fingerprint density at radius 2 is 1.89 bits per heavy atom. The summed E-state index contributed by atoms with van der Waals surface area (Å²) in [5, 5.41) is 3.36. The Morgan fingerprint density at radius 3 is 2.39 bits per heavy atom. The van der Waals surface area contributed by atoms with Crippen LogP contribution < -0.4 is 11.1 Å². The SMILES string of the molecule is CC(C)CC(=O)NC12CC3CC(CC(N)(C3)C1)C2. The predicted molar refractivity (Wildman–Crippen MR) is 71.9 cm³/mol. The lowest BCUT2D eigenvalue weighted by molar-refractivity contribution is -0.128. The standard InChI is InChI=1S/C15H26N2O/c1-10(2)3-13(18)17-15-7-11-4-12(8-15)6-14(16,5-11)9-15/h10-12H,3-9,16H2,1-2H3,(H,17,18). The van der Waals surface area contributed by atoms with Crippen molar-refractivity contribution >= 4 is 5.91 Å². The van der Waals surface area contributed by atoms with E-state index in [0.717, 1.165) is 18.3 Å². The first-order chi connectivity index (χ1) is 8.38. The van der Waals surface area contributed by atoms with Crippen LogP contribution in [0.1, 0.15) is 58.8 Å². The highest BCUT2D eigenvalue weighted by atomic mass is 16.1. The van der Waals surface area contributed by atoms with Crippen LogP contribution in [0.4, 0.5) is 0 Å². The molecule has 0 aromatic rings. The summed E-state index contributed by atoms with van der Waals surface area (Å²) in [6.07, 6.45) is 7.72. The third-order valence-electron chi connectivity index (χ3n) is 5.10. The Balaban J connectivity index is 1.73. The van der Waals surface area contributed by atoms with Crippen molar-refractivity contribution in [3.05, 3.63) is 0 Å². The van der Waals surface area contributed by atoms with Crippen LogP contribution >= 0.6 is 0 Å². The number of hydrogen-bond donors (Lipinski definition) is 2. The van der Waals surface area contributed by atoms with Crippen LogP contribution in [-0.2, 0) is 4.79 Å². The first-order valence-electron chi connectivity index (χ1n) is 7.48. The van der Waals surface area contributed by atoms with Crippen molar-refractivity contribution in [2.24, 2.45) is 23.5 Å². The van der Waals surface area contributed by atoms with Crippen molar-refractivity contribution in [1.29, 1.82) is 0 Å². The molecule has 18 heavy (non-hydrogen) atoms. The maximum absolute atomic E-state index is 12.1. The molecule has 0 radical (unpaired) electrons. The van der Waals surface area contributed by atoms with Crippen LogP contribution in [0.15, 0.2) is 0 Å². The molecule has 4 aliphatic rings. The van der Waals surface area contributed by atoms with Crippen LogP contribution in [0.25, 0.3) is 0 Å². The van der Waals surface area contributed by atoms with Gasteiger partial charge in [-0.05, 0) is 56.3 Å². The summed E-state index contributed by atoms with van der Waals surface area (Å²) in [4.78, 5) is 12.1. The first-order valence-corrected chi connectivity index (χ1v) is 7.48. The highest BCUT2D eigenvalue weighted by Gasteiger charge is 2.56. The Kier molecular flexibility index (Phi) is 2.74. The molecule has 4 saturated carbocycles. The van der Waals surface area contributed by atoms with Crippen LogP contribution in [-0.4, -0.2) is 17.0 Å². The normalized spacial score (nSPS) is 45.6. The quantitative estimate of drug-likeness (QED) is 0.807. The number of nitrogens with one attached hydrogen (secondary N) is 1. The van der Waals surface area contributed by atoms with Gasteiger partial charge in [-0.2, -0.15) is 0 Å². The van der Waals surface area contributed by atoms with Crippen molar-refractivity contribution in [1.82, 2.24) is 5.32 Å². The van der Waals surface area contributed by atoms with Gasteiger partial charge in [-0.1, -0.05) is 13.8 Å². The minimum atomic E-state index is 0.0230. The molecule has 0 spiro atoms. The first kappa shape index (κ1) is 12.5. The van der Waals surface area contributed by atoms with Gasteiger partial charge in [0.2, 0.25) is 5.91 Å². The minimum Gasteiger partial charge on any atom is -0.351 e. The molecule has 0 heterocycles. The Labute approximate surface area is 110 Å². The van der Waals surface area contributed by atoms with E-state index in [4.69, 9.17) is 5.73 Å². The van der Waals surface area contributed by atoms with E-state index in [2.05, 4.69) is 19.2 Å². The van der Waals surface area contributed by atoms with Gasteiger partial charge in [0.15, 0.2) is 0 Å². The molecule has 4 bridgehead atoms. The summed E-state index contributed by atoms with van der Waals surface area (Å²) in [5.74, 6) is 2.19. The second kappa shape index (κ2) is 3.96. The van der Waals surface area contributed by atoms with Crippen LogP contribution in [0.5, 0.6) is 0 Å². The summed E-state index contributed by atoms with van der Waals surface area (Å²) >= 11 is 0. The van der Waals surface area contributed by atoms with E-state index in [1.54, 1.807) is 0 Å². The fourth-order valence-corrected chi connectivity index (χ4v) is 5.20.